The van der Waals surface area contributed by atoms with Crippen LogP contribution in [0.4, 0.5) is 0 Å². The Bertz CT molecular complexity index is 777. The third kappa shape index (κ3) is 4.47. The number of carbonyl (C=O) groups excluding carboxylic acids is 1. The van der Waals surface area contributed by atoms with Crippen molar-refractivity contribution in [3.8, 4) is 11.5 Å². The standard InChI is InChI=1S/C23H28N2O3/c26-22(25-14-11-23(12-15-25)10-13-24-18-23)17-28-21-9-5-4-8-20(21)27-16-19-6-2-1-3-7-19/h1-9,24H,10-18H2. The molecule has 0 bridgehead atoms. The second-order valence-electron chi connectivity index (χ2n) is 7.82. The molecule has 2 heterocycles. The summed E-state index contributed by atoms with van der Waals surface area (Å²) in [6, 6.07) is 17.5. The van der Waals surface area contributed by atoms with Crippen LogP contribution in [0.2, 0.25) is 0 Å². The van der Waals surface area contributed by atoms with Gasteiger partial charge in [-0.3, -0.25) is 4.79 Å². The van der Waals surface area contributed by atoms with Gasteiger partial charge >= 0.3 is 0 Å². The van der Waals surface area contributed by atoms with E-state index in [1.165, 1.54) is 6.42 Å². The molecule has 2 aromatic carbocycles. The van der Waals surface area contributed by atoms with Crippen molar-refractivity contribution < 1.29 is 14.3 Å². The van der Waals surface area contributed by atoms with Gasteiger partial charge in [-0.25, -0.2) is 0 Å². The molecule has 0 aliphatic carbocycles. The maximum absolute atomic E-state index is 12.6. The van der Waals surface area contributed by atoms with Gasteiger partial charge in [-0.05, 0) is 48.9 Å². The Balaban J connectivity index is 1.29. The van der Waals surface area contributed by atoms with E-state index in [1.807, 2.05) is 59.5 Å². The Morgan fingerprint density at radius 3 is 2.29 bits per heavy atom. The molecule has 2 aliphatic heterocycles. The normalized spacial score (nSPS) is 18.2. The predicted octanol–water partition coefficient (Wildman–Crippen LogP) is 3.25. The Kier molecular flexibility index (Phi) is 5.81. The Morgan fingerprint density at radius 2 is 1.61 bits per heavy atom. The van der Waals surface area contributed by atoms with Gasteiger partial charge in [0.15, 0.2) is 18.1 Å². The number of likely N-dealkylation sites (tertiary alicyclic amines) is 1. The summed E-state index contributed by atoms with van der Waals surface area (Å²) in [5.41, 5.74) is 1.51. The summed E-state index contributed by atoms with van der Waals surface area (Å²) in [5.74, 6) is 1.33. The fourth-order valence-electron chi connectivity index (χ4n) is 4.11. The number of benzene rings is 2. The van der Waals surface area contributed by atoms with Crippen LogP contribution in [-0.4, -0.2) is 43.6 Å². The first kappa shape index (κ1) is 18.8. The van der Waals surface area contributed by atoms with E-state index in [0.29, 0.717) is 23.5 Å². The van der Waals surface area contributed by atoms with Crippen LogP contribution in [0.15, 0.2) is 54.6 Å². The first-order valence-electron chi connectivity index (χ1n) is 10.1. The predicted molar refractivity (Wildman–Crippen MR) is 108 cm³/mol. The Labute approximate surface area is 166 Å². The number of hydrogen-bond donors (Lipinski definition) is 1. The minimum Gasteiger partial charge on any atom is -0.485 e. The molecular weight excluding hydrogens is 352 g/mol. The van der Waals surface area contributed by atoms with E-state index >= 15 is 0 Å². The van der Waals surface area contributed by atoms with Crippen LogP contribution in [0.1, 0.15) is 24.8 Å². The van der Waals surface area contributed by atoms with Gasteiger partial charge in [0.1, 0.15) is 6.61 Å². The zero-order valence-electron chi connectivity index (χ0n) is 16.2. The largest absolute Gasteiger partial charge is 0.485 e. The lowest BCUT2D eigenvalue weighted by Crippen LogP contribution is -2.45. The maximum atomic E-state index is 12.6. The van der Waals surface area contributed by atoms with Crippen LogP contribution in [0, 0.1) is 5.41 Å². The molecule has 148 valence electrons. The number of ether oxygens (including phenoxy) is 2. The van der Waals surface area contributed by atoms with Crippen LogP contribution >= 0.6 is 0 Å². The van der Waals surface area contributed by atoms with Crippen molar-refractivity contribution in [3.63, 3.8) is 0 Å². The highest BCUT2D eigenvalue weighted by atomic mass is 16.5. The number of rotatable bonds is 6. The molecular formula is C23H28N2O3. The van der Waals surface area contributed by atoms with Gasteiger partial charge in [-0.1, -0.05) is 42.5 Å². The molecule has 5 nitrogen and oxygen atoms in total. The van der Waals surface area contributed by atoms with Crippen molar-refractivity contribution in [1.82, 2.24) is 10.2 Å². The monoisotopic (exact) mass is 380 g/mol. The Morgan fingerprint density at radius 1 is 0.929 bits per heavy atom. The van der Waals surface area contributed by atoms with Gasteiger partial charge in [-0.15, -0.1) is 0 Å². The summed E-state index contributed by atoms with van der Waals surface area (Å²) in [7, 11) is 0. The number of carbonyl (C=O) groups is 1. The summed E-state index contributed by atoms with van der Waals surface area (Å²) in [4.78, 5) is 14.6. The molecule has 1 spiro atoms. The van der Waals surface area contributed by atoms with Crippen LogP contribution in [0.3, 0.4) is 0 Å². The highest BCUT2D eigenvalue weighted by molar-refractivity contribution is 5.78. The summed E-state index contributed by atoms with van der Waals surface area (Å²) in [6.07, 6.45) is 3.41. The quantitative estimate of drug-likeness (QED) is 0.836. The van der Waals surface area contributed by atoms with Crippen molar-refractivity contribution in [1.29, 1.82) is 0 Å². The molecule has 0 radical (unpaired) electrons. The second-order valence-corrected chi connectivity index (χ2v) is 7.82. The Hall–Kier alpha value is -2.53. The number of nitrogens with zero attached hydrogens (tertiary/aromatic N) is 1. The van der Waals surface area contributed by atoms with Gasteiger partial charge in [0.05, 0.1) is 0 Å². The third-order valence-corrected chi connectivity index (χ3v) is 5.95. The van der Waals surface area contributed by atoms with E-state index in [9.17, 15) is 4.79 Å². The topological polar surface area (TPSA) is 50.8 Å². The molecule has 4 rings (SSSR count). The van der Waals surface area contributed by atoms with E-state index in [1.54, 1.807) is 0 Å². The van der Waals surface area contributed by atoms with E-state index in [4.69, 9.17) is 9.47 Å². The number of para-hydroxylation sites is 2. The van der Waals surface area contributed by atoms with E-state index in [0.717, 1.165) is 44.6 Å². The summed E-state index contributed by atoms with van der Waals surface area (Å²) >= 11 is 0. The molecule has 2 aromatic rings. The average molecular weight is 380 g/mol. The number of piperidine rings is 1. The third-order valence-electron chi connectivity index (χ3n) is 5.95. The zero-order chi connectivity index (χ0) is 19.2. The van der Waals surface area contributed by atoms with E-state index in [-0.39, 0.29) is 12.5 Å². The van der Waals surface area contributed by atoms with Crippen LogP contribution in [-0.2, 0) is 11.4 Å². The molecule has 1 N–H and O–H groups in total. The fraction of sp³-hybridized carbons (Fsp3) is 0.435. The lowest BCUT2D eigenvalue weighted by molar-refractivity contribution is -0.135. The van der Waals surface area contributed by atoms with Crippen molar-refractivity contribution in [2.75, 3.05) is 32.8 Å². The molecule has 2 saturated heterocycles. The maximum Gasteiger partial charge on any atom is 0.260 e. The van der Waals surface area contributed by atoms with E-state index in [2.05, 4.69) is 5.32 Å². The smallest absolute Gasteiger partial charge is 0.260 e. The highest BCUT2D eigenvalue weighted by Gasteiger charge is 2.38. The molecule has 28 heavy (non-hydrogen) atoms. The zero-order valence-corrected chi connectivity index (χ0v) is 16.2. The van der Waals surface area contributed by atoms with Crippen molar-refractivity contribution >= 4 is 5.91 Å². The minimum atomic E-state index is 0.0525. The molecule has 2 fully saturated rings. The van der Waals surface area contributed by atoms with E-state index < -0.39 is 0 Å². The second kappa shape index (κ2) is 8.65. The molecule has 0 aromatic heterocycles. The van der Waals surface area contributed by atoms with Gasteiger partial charge in [0.2, 0.25) is 0 Å². The van der Waals surface area contributed by atoms with Gasteiger partial charge in [-0.2, -0.15) is 0 Å². The summed E-state index contributed by atoms with van der Waals surface area (Å²) in [5, 5.41) is 3.46. The number of amides is 1. The SMILES string of the molecule is O=C(COc1ccccc1OCc1ccccc1)N1CCC2(CCNC2)CC1. The van der Waals surface area contributed by atoms with Crippen LogP contribution < -0.4 is 14.8 Å². The van der Waals surface area contributed by atoms with Crippen molar-refractivity contribution in [2.45, 2.75) is 25.9 Å². The summed E-state index contributed by atoms with van der Waals surface area (Å²) in [6.45, 7) is 4.38. The van der Waals surface area contributed by atoms with Crippen LogP contribution in [0.5, 0.6) is 11.5 Å². The number of nitrogens with one attached hydrogen (secondary N) is 1. The first-order chi connectivity index (χ1) is 13.7. The average Bonchev–Trinajstić information content (AvgIpc) is 3.20. The molecule has 2 aliphatic rings. The summed E-state index contributed by atoms with van der Waals surface area (Å²) < 4.78 is 11.7. The number of hydrogen-bond acceptors (Lipinski definition) is 4. The fourth-order valence-corrected chi connectivity index (χ4v) is 4.11. The van der Waals surface area contributed by atoms with Crippen molar-refractivity contribution in [2.24, 2.45) is 5.41 Å². The molecule has 0 saturated carbocycles. The van der Waals surface area contributed by atoms with Gasteiger partial charge < -0.3 is 19.7 Å². The molecule has 0 unspecified atom stereocenters. The van der Waals surface area contributed by atoms with Gasteiger partial charge in [0, 0.05) is 19.6 Å². The van der Waals surface area contributed by atoms with Crippen LogP contribution in [0.25, 0.3) is 0 Å². The lowest BCUT2D eigenvalue weighted by atomic mass is 9.78. The first-order valence-corrected chi connectivity index (χ1v) is 10.1. The highest BCUT2D eigenvalue weighted by Crippen LogP contribution is 2.37. The molecule has 1 amide bonds. The minimum absolute atomic E-state index is 0.0525. The lowest BCUT2D eigenvalue weighted by Gasteiger charge is -2.38. The van der Waals surface area contributed by atoms with Crippen molar-refractivity contribution in [3.05, 3.63) is 60.2 Å². The molecule has 0 atom stereocenters. The van der Waals surface area contributed by atoms with Gasteiger partial charge in [0.25, 0.3) is 5.91 Å². The molecule has 5 heteroatoms.